The molecule has 2 aromatic carbocycles. The summed E-state index contributed by atoms with van der Waals surface area (Å²) in [5.74, 6) is 0. The van der Waals surface area contributed by atoms with Crippen molar-refractivity contribution in [1.82, 2.24) is 0 Å². The first-order valence-corrected chi connectivity index (χ1v) is 11.5. The molecule has 0 saturated carbocycles. The first kappa shape index (κ1) is 13.4. The zero-order chi connectivity index (χ0) is 13.0. The van der Waals surface area contributed by atoms with Gasteiger partial charge in [-0.15, -0.1) is 0 Å². The van der Waals surface area contributed by atoms with Crippen molar-refractivity contribution in [1.29, 1.82) is 0 Å². The third-order valence-corrected chi connectivity index (χ3v) is 8.93. The fourth-order valence-electron chi connectivity index (χ4n) is 1.91. The van der Waals surface area contributed by atoms with Gasteiger partial charge in [0, 0.05) is 0 Å². The topological polar surface area (TPSA) is 0 Å². The van der Waals surface area contributed by atoms with Crippen LogP contribution in [0.1, 0.15) is 0 Å². The van der Waals surface area contributed by atoms with E-state index in [9.17, 15) is 0 Å². The second-order valence-electron chi connectivity index (χ2n) is 5.72. The van der Waals surface area contributed by atoms with E-state index in [1.165, 1.54) is 15.2 Å². The monoisotopic (exact) mass is 273 g/mol. The molecule has 0 saturated heterocycles. The lowest BCUT2D eigenvalue weighted by Crippen LogP contribution is -2.32. The maximum absolute atomic E-state index is 2.46. The summed E-state index contributed by atoms with van der Waals surface area (Å²) in [7, 11) is -0.833. The summed E-state index contributed by atoms with van der Waals surface area (Å²) in [6.45, 7) is 7.37. The van der Waals surface area contributed by atoms with Crippen LogP contribution in [-0.2, 0) is 10.9 Å². The molecule has 0 bridgehead atoms. The predicted octanol–water partition coefficient (Wildman–Crippen LogP) is 4.60. The molecule has 0 aliphatic carbocycles. The first-order valence-electron chi connectivity index (χ1n) is 6.37. The molecular formula is C16H21SSi+. The van der Waals surface area contributed by atoms with Gasteiger partial charge in [-0.2, -0.15) is 0 Å². The van der Waals surface area contributed by atoms with Crippen LogP contribution >= 0.6 is 0 Å². The van der Waals surface area contributed by atoms with Crippen LogP contribution in [0.4, 0.5) is 0 Å². The summed E-state index contributed by atoms with van der Waals surface area (Å²) in [6.07, 6.45) is 0. The third kappa shape index (κ3) is 3.75. The smallest absolute Gasteiger partial charge is 0.0653 e. The Morgan fingerprint density at radius 3 is 1.44 bits per heavy atom. The highest BCUT2D eigenvalue weighted by atomic mass is 32.2. The van der Waals surface area contributed by atoms with Crippen LogP contribution in [0, 0.1) is 0 Å². The minimum Gasteiger partial charge on any atom is -0.0653 e. The number of hydrogen-bond acceptors (Lipinski definition) is 0. The quantitative estimate of drug-likeness (QED) is 0.564. The van der Waals surface area contributed by atoms with E-state index in [-0.39, 0.29) is 10.9 Å². The largest absolute Gasteiger partial charge is 0.160 e. The van der Waals surface area contributed by atoms with Crippen LogP contribution in [-0.4, -0.2) is 13.5 Å². The van der Waals surface area contributed by atoms with Gasteiger partial charge in [-0.1, -0.05) is 56.0 Å². The molecule has 0 fully saturated rings. The van der Waals surface area contributed by atoms with Crippen molar-refractivity contribution in [3.8, 4) is 0 Å². The van der Waals surface area contributed by atoms with E-state index in [4.69, 9.17) is 0 Å². The van der Waals surface area contributed by atoms with E-state index < -0.39 is 8.07 Å². The highest BCUT2D eigenvalue weighted by Gasteiger charge is 2.32. The van der Waals surface area contributed by atoms with Crippen molar-refractivity contribution in [3.63, 3.8) is 0 Å². The molecule has 0 spiro atoms. The van der Waals surface area contributed by atoms with Crippen LogP contribution in [0.25, 0.3) is 0 Å². The van der Waals surface area contributed by atoms with Crippen molar-refractivity contribution >= 4 is 19.0 Å². The molecule has 0 N–H and O–H groups in total. The minimum absolute atomic E-state index is 0.241. The summed E-state index contributed by atoms with van der Waals surface area (Å²) in [5, 5.41) is 1.33. The van der Waals surface area contributed by atoms with Crippen LogP contribution in [0.2, 0.25) is 19.6 Å². The second-order valence-corrected chi connectivity index (χ2v) is 13.7. The van der Waals surface area contributed by atoms with Gasteiger partial charge in [-0.25, -0.2) is 0 Å². The van der Waals surface area contributed by atoms with E-state index in [1.54, 1.807) is 0 Å². The second kappa shape index (κ2) is 5.76. The van der Waals surface area contributed by atoms with Gasteiger partial charge in [0.05, 0.1) is 10.9 Å². The van der Waals surface area contributed by atoms with E-state index >= 15 is 0 Å². The van der Waals surface area contributed by atoms with E-state index in [0.717, 1.165) is 0 Å². The highest BCUT2D eigenvalue weighted by Crippen LogP contribution is 2.26. The van der Waals surface area contributed by atoms with Crippen LogP contribution in [0.3, 0.4) is 0 Å². The van der Waals surface area contributed by atoms with Crippen molar-refractivity contribution in [3.05, 3.63) is 60.7 Å². The van der Waals surface area contributed by atoms with Crippen molar-refractivity contribution in [2.75, 3.05) is 5.38 Å². The van der Waals surface area contributed by atoms with Crippen molar-refractivity contribution < 1.29 is 0 Å². The summed E-state index contributed by atoms with van der Waals surface area (Å²) < 4.78 is 0. The molecule has 18 heavy (non-hydrogen) atoms. The van der Waals surface area contributed by atoms with Crippen molar-refractivity contribution in [2.45, 2.75) is 29.4 Å². The Kier molecular flexibility index (Phi) is 4.30. The molecule has 0 unspecified atom stereocenters. The van der Waals surface area contributed by atoms with Gasteiger partial charge in [0.15, 0.2) is 9.79 Å². The van der Waals surface area contributed by atoms with Crippen LogP contribution in [0.5, 0.6) is 0 Å². The Labute approximate surface area is 114 Å². The van der Waals surface area contributed by atoms with Gasteiger partial charge in [0.2, 0.25) is 0 Å². The van der Waals surface area contributed by atoms with Gasteiger partial charge < -0.3 is 0 Å². The summed E-state index contributed by atoms with van der Waals surface area (Å²) in [5.41, 5.74) is 0. The molecule has 0 atom stereocenters. The lowest BCUT2D eigenvalue weighted by atomic mass is 10.4. The maximum atomic E-state index is 2.46. The molecule has 0 amide bonds. The van der Waals surface area contributed by atoms with E-state index in [2.05, 4.69) is 80.3 Å². The average Bonchev–Trinajstić information content (AvgIpc) is 2.37. The summed E-state index contributed by atoms with van der Waals surface area (Å²) >= 11 is 0. The Morgan fingerprint density at radius 1 is 0.722 bits per heavy atom. The Balaban J connectivity index is 2.36. The molecule has 0 radical (unpaired) electrons. The SMILES string of the molecule is C[Si](C)(C)C[S+](c1ccccc1)c1ccccc1. The molecule has 2 rings (SSSR count). The molecule has 2 aromatic rings. The predicted molar refractivity (Wildman–Crippen MR) is 85.0 cm³/mol. The fourth-order valence-corrected chi connectivity index (χ4v) is 7.95. The van der Waals surface area contributed by atoms with Crippen molar-refractivity contribution in [2.24, 2.45) is 0 Å². The maximum Gasteiger partial charge on any atom is 0.160 e. The minimum atomic E-state index is -1.07. The van der Waals surface area contributed by atoms with Gasteiger partial charge in [-0.05, 0) is 24.3 Å². The van der Waals surface area contributed by atoms with Crippen LogP contribution < -0.4 is 0 Å². The lowest BCUT2D eigenvalue weighted by molar-refractivity contribution is 1.37. The van der Waals surface area contributed by atoms with Gasteiger partial charge in [0.1, 0.15) is 13.5 Å². The molecule has 0 aliphatic rings. The standard InChI is InChI=1S/C16H21SSi/c1-18(2,3)14-17(15-10-6-4-7-11-15)16-12-8-5-9-13-16/h4-13H,14H2,1-3H3/q+1. The summed E-state index contributed by atoms with van der Waals surface area (Å²) in [6, 6.07) is 21.9. The fraction of sp³-hybridized carbons (Fsp3) is 0.250. The molecule has 94 valence electrons. The zero-order valence-corrected chi connectivity index (χ0v) is 13.2. The zero-order valence-electron chi connectivity index (χ0n) is 11.4. The molecule has 0 heterocycles. The normalized spacial score (nSPS) is 11.8. The first-order chi connectivity index (χ1) is 8.56. The van der Waals surface area contributed by atoms with E-state index in [0.29, 0.717) is 0 Å². The average molecular weight is 273 g/mol. The lowest BCUT2D eigenvalue weighted by Gasteiger charge is -2.16. The molecule has 0 nitrogen and oxygen atoms in total. The molecule has 2 heteroatoms. The Morgan fingerprint density at radius 2 is 1.11 bits per heavy atom. The Bertz CT molecular complexity index is 434. The number of hydrogen-bond donors (Lipinski definition) is 0. The number of rotatable bonds is 4. The third-order valence-electron chi connectivity index (χ3n) is 2.63. The Hall–Kier alpha value is -0.993. The number of benzene rings is 2. The molecule has 0 aliphatic heterocycles. The highest BCUT2D eigenvalue weighted by molar-refractivity contribution is 7.98. The molecule has 0 aromatic heterocycles. The summed E-state index contributed by atoms with van der Waals surface area (Å²) in [4.78, 5) is 2.96. The van der Waals surface area contributed by atoms with Gasteiger partial charge in [0.25, 0.3) is 0 Å². The van der Waals surface area contributed by atoms with Crippen LogP contribution in [0.15, 0.2) is 70.5 Å². The molecular weight excluding hydrogens is 252 g/mol. The van der Waals surface area contributed by atoms with Gasteiger partial charge in [-0.3, -0.25) is 0 Å². The van der Waals surface area contributed by atoms with Gasteiger partial charge >= 0.3 is 0 Å². The van der Waals surface area contributed by atoms with E-state index in [1.807, 2.05) is 0 Å².